The Bertz CT molecular complexity index is 5570. The minimum absolute atomic E-state index is 0.000847. The zero-order chi connectivity index (χ0) is 108. The lowest BCUT2D eigenvalue weighted by Gasteiger charge is -2.30. The van der Waals surface area contributed by atoms with Crippen LogP contribution in [-0.2, 0) is 109 Å². The molecule has 0 spiro atoms. The number of phenols is 3. The van der Waals surface area contributed by atoms with Crippen molar-refractivity contribution in [3.05, 3.63) is 162 Å². The molecule has 16 amide bonds. The molecule has 5 aromatic carbocycles. The van der Waals surface area contributed by atoms with Gasteiger partial charge in [-0.05, 0) is 190 Å². The molecule has 17 atom stereocenters. The van der Waals surface area contributed by atoms with Crippen LogP contribution in [0.4, 0.5) is 0 Å². The van der Waals surface area contributed by atoms with Gasteiger partial charge in [-0.3, -0.25) is 82.1 Å². The number of aromatic hydroxyl groups is 3. The van der Waals surface area contributed by atoms with E-state index in [0.717, 1.165) is 10.9 Å². The van der Waals surface area contributed by atoms with E-state index in [-0.39, 0.29) is 137 Å². The van der Waals surface area contributed by atoms with Gasteiger partial charge in [0.1, 0.15) is 102 Å². The minimum Gasteiger partial charge on any atom is -0.508 e. The molecule has 7 rings (SSSR count). The van der Waals surface area contributed by atoms with Crippen molar-refractivity contribution in [1.29, 1.82) is 5.41 Å². The predicted molar refractivity (Wildman–Crippen MR) is 556 cm³/mol. The van der Waals surface area contributed by atoms with Gasteiger partial charge in [-0.1, -0.05) is 155 Å². The van der Waals surface area contributed by atoms with Crippen LogP contribution in [-0.4, -0.2) is 248 Å². The van der Waals surface area contributed by atoms with E-state index in [1.54, 1.807) is 124 Å². The number of H-pyrrole nitrogens is 2. The van der Waals surface area contributed by atoms with E-state index in [0.29, 0.717) is 58.0 Å². The highest BCUT2D eigenvalue weighted by atomic mass is 32.2. The van der Waals surface area contributed by atoms with E-state index in [1.807, 2.05) is 24.3 Å². The van der Waals surface area contributed by atoms with Gasteiger partial charge in [0, 0.05) is 72.8 Å². The van der Waals surface area contributed by atoms with Crippen LogP contribution in [0.5, 0.6) is 17.2 Å². The second-order valence-corrected chi connectivity index (χ2v) is 39.3. The largest absolute Gasteiger partial charge is 0.508 e. The molecule has 43 heteroatoms. The zero-order valence-corrected chi connectivity index (χ0v) is 86.1. The predicted octanol–water partition coefficient (Wildman–Crippen LogP) is 2.02. The summed E-state index contributed by atoms with van der Waals surface area (Å²) in [7, 11) is 0. The number of para-hydroxylation sites is 2. The molecule has 146 heavy (non-hydrogen) atoms. The van der Waals surface area contributed by atoms with Crippen LogP contribution < -0.4 is 108 Å². The number of unbranched alkanes of at least 4 members (excludes halogenated alkanes) is 1. The number of guanidine groups is 1. The average Bonchev–Trinajstić information content (AvgIpc) is 1.72. The molecule has 7 aromatic rings. The maximum Gasteiger partial charge on any atom is 0.243 e. The molecular weight excluding hydrogens is 1900 g/mol. The number of nitrogens with one attached hydrogen (secondary N) is 19. The Balaban J connectivity index is 1.05. The molecule has 0 aliphatic rings. The SMILES string of the molecule is CC[C@@H](C)[C@@H](NC(=O)CNC(=O)[C@@H](C)NC(=O)[C@H](Cc1c[nH]c2ccccc12)NC(=O)[C@H](CC(C)C)NC(=O)[C@@H](NC(=O)[C@H](Cc1ccc(O)cc1)NC(=O)[C@H](CCSC)NC(=O)[C@H](Cc1ccc(O)cc1)NC(=O)[C@H](C)NC(=O)[C@H](Cc1ccc(O)cc1)NC(=O)[C@@H](N)C(C)C)[C@@H](C)CC)C(=O)N[C@H](CC(C)C)C(=O)N[C@H](CCCCN)C(=O)N[C@H](CCCNC(=N)N)C(=O)N[C@H](Cc1c[nH]c2ccccc12)C(N)=O. The fourth-order valence-corrected chi connectivity index (χ4v) is 16.6. The summed E-state index contributed by atoms with van der Waals surface area (Å²) in [6.07, 6.45) is 5.87. The number of thioether (sulfide) groups is 1. The minimum atomic E-state index is -1.54. The standard InChI is InChI=1S/C103H149N23O19S/c1-14-58(9)86(101(144)123-78(45-55(3)4)96(139)116-74(27-20-21-42-104)91(134)115-75(28-22-43-109-103(107)108)92(135)118-77(88(106)131)50-65-52-110-72-25-18-16-23-70(65)72)125-84(130)54-112-89(132)60(11)113-95(138)83(51-66-53-111-73-26-19-17-24-71(66)73)121-97(140)79(46-56(5)6)124-102(145)87(59(10)15-2)126-99(142)82(49-64-33-39-69(129)40-34-64)120-93(136)76(41-44-146-13)117-98(141)81(48-63-31-37-68(128)38-32-63)119-90(133)61(12)114-94(137)80(122-100(143)85(105)57(7)8)47-62-29-35-67(127)36-30-62/h16-19,23-26,29-40,52-53,55-61,74-83,85-87,110-111,127-129H,14-15,20-22,27-28,41-51,54,104-105H2,1-13H3,(H2,106,131)(H,112,132)(H,113,138)(H,114,137)(H,115,134)(H,116,139)(H,117,141)(H,118,135)(H,119,133)(H,120,136)(H,121,140)(H,122,143)(H,123,144)(H,124,145)(H,125,130)(H,126,142)(H4,107,108,109)/t58-,59+,60-,61+,74-,75-,76+,77-,78-,79+,80+,81+,82+,83+,85+,86-,87+/m1/s1. The lowest BCUT2D eigenvalue weighted by atomic mass is 9.95. The summed E-state index contributed by atoms with van der Waals surface area (Å²) in [5.41, 5.74) is 27.6. The highest BCUT2D eigenvalue weighted by Gasteiger charge is 2.40. The van der Waals surface area contributed by atoms with Crippen LogP contribution in [0.2, 0.25) is 0 Å². The number of primary amides is 1. The van der Waals surface area contributed by atoms with Crippen molar-refractivity contribution in [3.8, 4) is 17.2 Å². The van der Waals surface area contributed by atoms with Gasteiger partial charge < -0.3 is 133 Å². The number of aromatic amines is 2. The first-order chi connectivity index (χ1) is 69.3. The van der Waals surface area contributed by atoms with E-state index >= 15 is 19.2 Å². The van der Waals surface area contributed by atoms with Gasteiger partial charge in [-0.15, -0.1) is 0 Å². The number of fused-ring (bicyclic) bond motifs is 2. The van der Waals surface area contributed by atoms with Crippen molar-refractivity contribution in [3.63, 3.8) is 0 Å². The Kier molecular flexibility index (Phi) is 48.1. The maximum atomic E-state index is 15.2. The lowest BCUT2D eigenvalue weighted by Crippen LogP contribution is -2.62. The van der Waals surface area contributed by atoms with E-state index in [1.165, 1.54) is 86.3 Å². The third-order valence-electron chi connectivity index (χ3n) is 25.2. The molecule has 0 aliphatic heterocycles. The number of aromatic nitrogens is 2. The number of benzene rings is 5. The van der Waals surface area contributed by atoms with Gasteiger partial charge in [0.25, 0.3) is 0 Å². The first-order valence-corrected chi connectivity index (χ1v) is 51.0. The second-order valence-electron chi connectivity index (χ2n) is 38.3. The summed E-state index contributed by atoms with van der Waals surface area (Å²) in [4.78, 5) is 238. The van der Waals surface area contributed by atoms with Gasteiger partial charge >= 0.3 is 0 Å². The molecule has 0 aliphatic carbocycles. The molecule has 2 heterocycles. The van der Waals surface area contributed by atoms with Crippen molar-refractivity contribution in [2.75, 3.05) is 31.6 Å². The molecule has 0 bridgehead atoms. The molecule has 0 radical (unpaired) electrons. The van der Waals surface area contributed by atoms with Crippen LogP contribution in [0.3, 0.4) is 0 Å². The molecule has 0 saturated heterocycles. The third kappa shape index (κ3) is 38.3. The number of carbonyl (C=O) groups is 16. The van der Waals surface area contributed by atoms with Crippen molar-refractivity contribution in [2.45, 2.75) is 270 Å². The highest BCUT2D eigenvalue weighted by Crippen LogP contribution is 2.25. The summed E-state index contributed by atoms with van der Waals surface area (Å²) in [5.74, 6) is -15.7. The van der Waals surface area contributed by atoms with Crippen molar-refractivity contribution < 1.29 is 92.0 Å². The van der Waals surface area contributed by atoms with Crippen molar-refractivity contribution in [2.24, 2.45) is 52.5 Å². The summed E-state index contributed by atoms with van der Waals surface area (Å²) in [5, 5.41) is 83.1. The molecule has 2 aromatic heterocycles. The van der Waals surface area contributed by atoms with E-state index in [9.17, 15) is 72.9 Å². The fraction of sp³-hybridized carbons (Fsp3) is 0.505. The molecular formula is C103H149N23O19S. The Morgan fingerprint density at radius 1 is 0.370 bits per heavy atom. The number of hydrogen-bond acceptors (Lipinski definition) is 23. The molecule has 0 saturated carbocycles. The summed E-state index contributed by atoms with van der Waals surface area (Å²) < 4.78 is 0. The normalized spacial score (nSPS) is 14.9. The maximum absolute atomic E-state index is 15.2. The Morgan fingerprint density at radius 2 is 0.712 bits per heavy atom. The lowest BCUT2D eigenvalue weighted by molar-refractivity contribution is -0.136. The number of amides is 16. The quantitative estimate of drug-likeness (QED) is 0.0147. The smallest absolute Gasteiger partial charge is 0.243 e. The Hall–Kier alpha value is -14.4. The number of rotatable bonds is 61. The summed E-state index contributed by atoms with van der Waals surface area (Å²) in [6, 6.07) is 11.6. The van der Waals surface area contributed by atoms with Gasteiger partial charge in [-0.2, -0.15) is 11.8 Å². The number of carbonyl (C=O) groups excluding carboxylic acids is 16. The van der Waals surface area contributed by atoms with Crippen LogP contribution in [0, 0.1) is 35.0 Å². The van der Waals surface area contributed by atoms with Crippen LogP contribution in [0.15, 0.2) is 134 Å². The number of hydrogen-bond donors (Lipinski definition) is 26. The molecule has 30 N–H and O–H groups in total. The first-order valence-electron chi connectivity index (χ1n) is 49.6. The van der Waals surface area contributed by atoms with E-state index in [4.69, 9.17) is 28.3 Å². The van der Waals surface area contributed by atoms with Gasteiger partial charge in [-0.25, -0.2) is 0 Å². The van der Waals surface area contributed by atoms with Crippen molar-refractivity contribution in [1.82, 2.24) is 95.0 Å². The fourth-order valence-electron chi connectivity index (χ4n) is 16.2. The van der Waals surface area contributed by atoms with E-state index < -0.39 is 204 Å². The molecule has 42 nitrogen and oxygen atoms in total. The third-order valence-corrected chi connectivity index (χ3v) is 25.8. The number of phenolic OH excluding ortho intramolecular Hbond substituents is 3. The summed E-state index contributed by atoms with van der Waals surface area (Å²) >= 11 is 1.32. The number of nitrogens with two attached hydrogens (primary N) is 4. The van der Waals surface area contributed by atoms with Crippen molar-refractivity contribution >= 4 is 134 Å². The van der Waals surface area contributed by atoms with Crippen LogP contribution in [0.1, 0.15) is 175 Å². The first kappa shape index (κ1) is 119. The molecule has 0 fully saturated rings. The molecule has 796 valence electrons. The zero-order valence-electron chi connectivity index (χ0n) is 85.3. The Morgan fingerprint density at radius 3 is 1.12 bits per heavy atom. The highest BCUT2D eigenvalue weighted by molar-refractivity contribution is 7.98. The topological polar surface area (TPSA) is 686 Å². The van der Waals surface area contributed by atoms with Gasteiger partial charge in [0.2, 0.25) is 94.5 Å². The molecule has 0 unspecified atom stereocenters. The Labute approximate surface area is 855 Å². The van der Waals surface area contributed by atoms with Crippen LogP contribution in [0.25, 0.3) is 21.8 Å². The monoisotopic (exact) mass is 2040 g/mol. The second kappa shape index (κ2) is 59.2. The van der Waals surface area contributed by atoms with E-state index in [2.05, 4.69) is 95.0 Å². The van der Waals surface area contributed by atoms with Gasteiger partial charge in [0.05, 0.1) is 12.6 Å². The van der Waals surface area contributed by atoms with Gasteiger partial charge in [0.15, 0.2) is 5.96 Å². The van der Waals surface area contributed by atoms with Crippen LogP contribution >= 0.6 is 11.8 Å². The summed E-state index contributed by atoms with van der Waals surface area (Å²) in [6.45, 7) is 19.8. The average molecular weight is 2050 g/mol.